The summed E-state index contributed by atoms with van der Waals surface area (Å²) in [5.74, 6) is 0.0226. The standard InChI is InChI=1S/C13H23N3O3/c1-13(2)12(18)15(3)5-6-16(13)11(17)8-10-9-19-7-4-14-10/h10,14H,4-9H2,1-3H3/t10-/m1/s1. The molecule has 2 aliphatic rings. The van der Waals surface area contributed by atoms with Gasteiger partial charge in [-0.1, -0.05) is 0 Å². The summed E-state index contributed by atoms with van der Waals surface area (Å²) in [5, 5.41) is 3.27. The first-order chi connectivity index (χ1) is 8.93. The van der Waals surface area contributed by atoms with E-state index in [9.17, 15) is 9.59 Å². The molecule has 2 rings (SSSR count). The number of carbonyl (C=O) groups is 2. The van der Waals surface area contributed by atoms with Gasteiger partial charge in [-0.15, -0.1) is 0 Å². The Bertz CT molecular complexity index is 364. The summed E-state index contributed by atoms with van der Waals surface area (Å²) >= 11 is 0. The number of carbonyl (C=O) groups excluding carboxylic acids is 2. The number of piperazine rings is 1. The van der Waals surface area contributed by atoms with E-state index >= 15 is 0 Å². The Morgan fingerprint density at radius 3 is 2.84 bits per heavy atom. The molecule has 0 unspecified atom stereocenters. The summed E-state index contributed by atoms with van der Waals surface area (Å²) in [4.78, 5) is 27.9. The average Bonchev–Trinajstić information content (AvgIpc) is 2.37. The van der Waals surface area contributed by atoms with Crippen LogP contribution in [0, 0.1) is 0 Å². The number of hydrogen-bond acceptors (Lipinski definition) is 4. The zero-order valence-corrected chi connectivity index (χ0v) is 11.9. The van der Waals surface area contributed by atoms with Crippen molar-refractivity contribution in [2.24, 2.45) is 0 Å². The lowest BCUT2D eigenvalue weighted by Gasteiger charge is -2.45. The fourth-order valence-corrected chi connectivity index (χ4v) is 2.72. The molecule has 0 aromatic heterocycles. The van der Waals surface area contributed by atoms with Crippen molar-refractivity contribution >= 4 is 11.8 Å². The van der Waals surface area contributed by atoms with Crippen LogP contribution in [-0.2, 0) is 14.3 Å². The maximum Gasteiger partial charge on any atom is 0.247 e. The minimum absolute atomic E-state index is 0.0000432. The summed E-state index contributed by atoms with van der Waals surface area (Å²) in [7, 11) is 1.78. The number of likely N-dealkylation sites (N-methyl/N-ethyl adjacent to an activating group) is 1. The first-order valence-corrected chi connectivity index (χ1v) is 6.80. The lowest BCUT2D eigenvalue weighted by Crippen LogP contribution is -2.64. The molecule has 0 bridgehead atoms. The Hall–Kier alpha value is -1.14. The SMILES string of the molecule is CN1CCN(C(=O)C[C@@H]2COCCN2)C(C)(C)C1=O. The van der Waals surface area contributed by atoms with Crippen LogP contribution >= 0.6 is 0 Å². The van der Waals surface area contributed by atoms with Gasteiger partial charge in [0.15, 0.2) is 0 Å². The molecule has 1 atom stereocenters. The number of ether oxygens (including phenoxy) is 1. The van der Waals surface area contributed by atoms with Crippen LogP contribution in [0.3, 0.4) is 0 Å². The highest BCUT2D eigenvalue weighted by molar-refractivity contribution is 5.91. The Balaban J connectivity index is 1.99. The molecule has 2 fully saturated rings. The number of morpholine rings is 1. The van der Waals surface area contributed by atoms with Crippen LogP contribution in [-0.4, -0.2) is 73.1 Å². The third kappa shape index (κ3) is 2.90. The molecule has 6 nitrogen and oxygen atoms in total. The molecule has 2 saturated heterocycles. The van der Waals surface area contributed by atoms with Gasteiger partial charge < -0.3 is 19.9 Å². The predicted octanol–water partition coefficient (Wildman–Crippen LogP) is -0.556. The van der Waals surface area contributed by atoms with Gasteiger partial charge in [-0.05, 0) is 13.8 Å². The molecular formula is C13H23N3O3. The molecular weight excluding hydrogens is 246 g/mol. The van der Waals surface area contributed by atoms with Crippen molar-refractivity contribution in [2.75, 3.05) is 39.9 Å². The number of rotatable bonds is 2. The summed E-state index contributed by atoms with van der Waals surface area (Å²) in [6, 6.07) is 0.0619. The molecule has 0 spiro atoms. The molecule has 0 saturated carbocycles. The van der Waals surface area contributed by atoms with E-state index in [1.165, 1.54) is 0 Å². The Morgan fingerprint density at radius 1 is 1.47 bits per heavy atom. The Morgan fingerprint density at radius 2 is 2.21 bits per heavy atom. The molecule has 2 amide bonds. The quantitative estimate of drug-likeness (QED) is 0.730. The minimum Gasteiger partial charge on any atom is -0.378 e. The second kappa shape index (κ2) is 5.46. The largest absolute Gasteiger partial charge is 0.378 e. The van der Waals surface area contributed by atoms with E-state index in [1.54, 1.807) is 16.8 Å². The minimum atomic E-state index is -0.750. The maximum absolute atomic E-state index is 12.4. The Kier molecular flexibility index (Phi) is 4.10. The van der Waals surface area contributed by atoms with Crippen LogP contribution in [0.1, 0.15) is 20.3 Å². The van der Waals surface area contributed by atoms with Crippen molar-refractivity contribution in [2.45, 2.75) is 31.8 Å². The first kappa shape index (κ1) is 14.3. The first-order valence-electron chi connectivity index (χ1n) is 6.80. The van der Waals surface area contributed by atoms with Crippen LogP contribution in [0.5, 0.6) is 0 Å². The van der Waals surface area contributed by atoms with Gasteiger partial charge in [0, 0.05) is 39.1 Å². The number of nitrogens with one attached hydrogen (secondary N) is 1. The van der Waals surface area contributed by atoms with Crippen molar-refractivity contribution in [3.05, 3.63) is 0 Å². The second-order valence-corrected chi connectivity index (χ2v) is 5.76. The van der Waals surface area contributed by atoms with Crippen molar-refractivity contribution in [1.82, 2.24) is 15.1 Å². The van der Waals surface area contributed by atoms with Crippen LogP contribution in [0.4, 0.5) is 0 Å². The van der Waals surface area contributed by atoms with Crippen molar-refractivity contribution in [1.29, 1.82) is 0 Å². The van der Waals surface area contributed by atoms with E-state index in [-0.39, 0.29) is 17.9 Å². The summed E-state index contributed by atoms with van der Waals surface area (Å²) in [6.07, 6.45) is 0.389. The number of nitrogens with zero attached hydrogens (tertiary/aromatic N) is 2. The molecule has 0 aromatic rings. The van der Waals surface area contributed by atoms with Gasteiger partial charge in [0.25, 0.3) is 0 Å². The fraction of sp³-hybridized carbons (Fsp3) is 0.846. The highest BCUT2D eigenvalue weighted by Gasteiger charge is 2.43. The predicted molar refractivity (Wildman–Crippen MR) is 70.7 cm³/mol. The van der Waals surface area contributed by atoms with Crippen LogP contribution in [0.15, 0.2) is 0 Å². The molecule has 2 aliphatic heterocycles. The topological polar surface area (TPSA) is 61.9 Å². The summed E-state index contributed by atoms with van der Waals surface area (Å²) < 4.78 is 5.35. The third-order valence-electron chi connectivity index (χ3n) is 3.92. The van der Waals surface area contributed by atoms with Gasteiger partial charge in [-0.2, -0.15) is 0 Å². The molecule has 0 aliphatic carbocycles. The van der Waals surface area contributed by atoms with Gasteiger partial charge in [0.05, 0.1) is 13.2 Å². The molecule has 6 heteroatoms. The van der Waals surface area contributed by atoms with Crippen molar-refractivity contribution < 1.29 is 14.3 Å². The van der Waals surface area contributed by atoms with Gasteiger partial charge in [-0.3, -0.25) is 9.59 Å². The van der Waals surface area contributed by atoms with Gasteiger partial charge in [-0.25, -0.2) is 0 Å². The molecule has 19 heavy (non-hydrogen) atoms. The Labute approximate surface area is 114 Å². The highest BCUT2D eigenvalue weighted by Crippen LogP contribution is 2.23. The summed E-state index contributed by atoms with van der Waals surface area (Å²) in [6.45, 7) is 6.87. The lowest BCUT2D eigenvalue weighted by atomic mass is 9.96. The van der Waals surface area contributed by atoms with Crippen LogP contribution < -0.4 is 5.32 Å². The molecule has 2 heterocycles. The van der Waals surface area contributed by atoms with E-state index in [0.29, 0.717) is 32.7 Å². The zero-order chi connectivity index (χ0) is 14.0. The number of hydrogen-bond donors (Lipinski definition) is 1. The average molecular weight is 269 g/mol. The van der Waals surface area contributed by atoms with Gasteiger partial charge >= 0.3 is 0 Å². The third-order valence-corrected chi connectivity index (χ3v) is 3.92. The van der Waals surface area contributed by atoms with E-state index in [0.717, 1.165) is 6.54 Å². The van der Waals surface area contributed by atoms with Crippen molar-refractivity contribution in [3.8, 4) is 0 Å². The normalized spacial score (nSPS) is 27.5. The second-order valence-electron chi connectivity index (χ2n) is 5.76. The maximum atomic E-state index is 12.4. The van der Waals surface area contributed by atoms with E-state index in [1.807, 2.05) is 13.8 Å². The van der Waals surface area contributed by atoms with Crippen molar-refractivity contribution in [3.63, 3.8) is 0 Å². The zero-order valence-electron chi connectivity index (χ0n) is 11.9. The van der Waals surface area contributed by atoms with E-state index in [4.69, 9.17) is 4.74 Å². The fourth-order valence-electron chi connectivity index (χ4n) is 2.72. The van der Waals surface area contributed by atoms with Crippen LogP contribution in [0.2, 0.25) is 0 Å². The molecule has 0 aromatic carbocycles. The lowest BCUT2D eigenvalue weighted by molar-refractivity contribution is -0.157. The smallest absolute Gasteiger partial charge is 0.247 e. The monoisotopic (exact) mass is 269 g/mol. The molecule has 108 valence electrons. The molecule has 1 N–H and O–H groups in total. The van der Waals surface area contributed by atoms with Gasteiger partial charge in [0.2, 0.25) is 11.8 Å². The summed E-state index contributed by atoms with van der Waals surface area (Å²) in [5.41, 5.74) is -0.750. The van der Waals surface area contributed by atoms with Crippen LogP contribution in [0.25, 0.3) is 0 Å². The number of amides is 2. The van der Waals surface area contributed by atoms with E-state index < -0.39 is 5.54 Å². The van der Waals surface area contributed by atoms with Gasteiger partial charge in [0.1, 0.15) is 5.54 Å². The van der Waals surface area contributed by atoms with E-state index in [2.05, 4.69) is 5.32 Å². The highest BCUT2D eigenvalue weighted by atomic mass is 16.5. The molecule has 0 radical (unpaired) electrons.